The zero-order valence-electron chi connectivity index (χ0n) is 19.7. The minimum Gasteiger partial charge on any atom is -0.457 e. The van der Waals surface area contributed by atoms with E-state index in [0.29, 0.717) is 0 Å². The second-order valence-electron chi connectivity index (χ2n) is 9.54. The van der Waals surface area contributed by atoms with Gasteiger partial charge in [0.25, 0.3) is 0 Å². The summed E-state index contributed by atoms with van der Waals surface area (Å²) >= 11 is 0. The maximum Gasteiger partial charge on any atom is 0.357 e. The van der Waals surface area contributed by atoms with Crippen molar-refractivity contribution < 1.29 is 22.7 Å². The Labute approximate surface area is 202 Å². The van der Waals surface area contributed by atoms with Gasteiger partial charge in [0.1, 0.15) is 5.60 Å². The fourth-order valence-electron chi connectivity index (χ4n) is 4.14. The van der Waals surface area contributed by atoms with Gasteiger partial charge in [-0.1, -0.05) is 60.7 Å². The molecule has 1 saturated heterocycles. The summed E-state index contributed by atoms with van der Waals surface area (Å²) in [4.78, 5) is 13.5. The third kappa shape index (κ3) is 5.56. The Morgan fingerprint density at radius 1 is 0.886 bits per heavy atom. The number of hydrogen-bond acceptors (Lipinski definition) is 5. The first-order valence-electron chi connectivity index (χ1n) is 11.4. The van der Waals surface area contributed by atoms with Crippen molar-refractivity contribution in [2.24, 2.45) is 0 Å². The third-order valence-electron chi connectivity index (χ3n) is 5.70. The van der Waals surface area contributed by atoms with Gasteiger partial charge in [-0.3, -0.25) is 16.0 Å². The molecule has 0 bridgehead atoms. The lowest BCUT2D eigenvalue weighted by Crippen LogP contribution is -2.67. The van der Waals surface area contributed by atoms with Crippen molar-refractivity contribution in [2.75, 3.05) is 0 Å². The van der Waals surface area contributed by atoms with Gasteiger partial charge < -0.3 is 4.74 Å². The predicted molar refractivity (Wildman–Crippen MR) is 126 cm³/mol. The zero-order valence-corrected chi connectivity index (χ0v) is 19.7. The molecule has 1 aliphatic rings. The molecule has 3 N–H and O–H groups in total. The quantitative estimate of drug-likeness (QED) is 0.345. The maximum absolute atomic E-state index is 13.8. The molecule has 0 amide bonds. The molecule has 3 aromatic carbocycles. The third-order valence-corrected chi connectivity index (χ3v) is 5.70. The summed E-state index contributed by atoms with van der Waals surface area (Å²) in [5, 5.41) is 9.74. The molecule has 0 aliphatic carbocycles. The molecular formula is C27H28F3N3O2. The molecule has 1 aliphatic heterocycles. The van der Waals surface area contributed by atoms with Gasteiger partial charge in [-0.25, -0.2) is 18.0 Å². The second-order valence-corrected chi connectivity index (χ2v) is 9.54. The van der Waals surface area contributed by atoms with Crippen LogP contribution in [0.3, 0.4) is 0 Å². The van der Waals surface area contributed by atoms with Gasteiger partial charge in [-0.05, 0) is 49.6 Å². The van der Waals surface area contributed by atoms with Gasteiger partial charge in [0, 0.05) is 6.54 Å². The van der Waals surface area contributed by atoms with Crippen LogP contribution < -0.4 is 16.0 Å². The van der Waals surface area contributed by atoms with Crippen LogP contribution in [0.1, 0.15) is 49.5 Å². The molecule has 4 rings (SSSR count). The number of benzene rings is 3. The molecule has 0 aromatic heterocycles. The molecule has 184 valence electrons. The van der Waals surface area contributed by atoms with Crippen LogP contribution in [0, 0.1) is 17.5 Å². The Bertz CT molecular complexity index is 1110. The van der Waals surface area contributed by atoms with Crippen LogP contribution in [0.5, 0.6) is 0 Å². The summed E-state index contributed by atoms with van der Waals surface area (Å²) in [6, 6.07) is 20.3. The summed E-state index contributed by atoms with van der Waals surface area (Å²) in [7, 11) is 0. The fourth-order valence-corrected chi connectivity index (χ4v) is 4.14. The molecule has 0 saturated carbocycles. The highest BCUT2D eigenvalue weighted by Crippen LogP contribution is 2.37. The highest BCUT2D eigenvalue weighted by Gasteiger charge is 2.52. The molecule has 0 spiro atoms. The lowest BCUT2D eigenvalue weighted by Gasteiger charge is -2.33. The molecule has 1 fully saturated rings. The van der Waals surface area contributed by atoms with E-state index < -0.39 is 34.8 Å². The first-order valence-corrected chi connectivity index (χ1v) is 11.4. The van der Waals surface area contributed by atoms with E-state index in [0.717, 1.165) is 23.3 Å². The Kier molecular flexibility index (Phi) is 6.98. The normalized spacial score (nSPS) is 22.2. The monoisotopic (exact) mass is 483 g/mol. The molecule has 35 heavy (non-hydrogen) atoms. The number of carbonyl (C=O) groups is 1. The number of nitrogens with one attached hydrogen (secondary N) is 3. The summed E-state index contributed by atoms with van der Waals surface area (Å²) < 4.78 is 46.8. The van der Waals surface area contributed by atoms with E-state index in [1.807, 2.05) is 60.7 Å². The lowest BCUT2D eigenvalue weighted by molar-refractivity contribution is -0.166. The van der Waals surface area contributed by atoms with E-state index >= 15 is 0 Å². The van der Waals surface area contributed by atoms with E-state index in [2.05, 4.69) is 16.0 Å². The summed E-state index contributed by atoms with van der Waals surface area (Å²) in [6.07, 6.45) is 0. The van der Waals surface area contributed by atoms with Gasteiger partial charge in [-0.2, -0.15) is 0 Å². The SMILES string of the molecule is CC(C)(C)OC(=O)C1(NCc2cc(F)c(F)c(F)c2)NC(c2ccccc2)C(c2ccccc2)N1. The van der Waals surface area contributed by atoms with E-state index in [9.17, 15) is 18.0 Å². The number of halogens is 3. The average molecular weight is 484 g/mol. The maximum atomic E-state index is 13.8. The van der Waals surface area contributed by atoms with Gasteiger partial charge in [0.2, 0.25) is 5.79 Å². The summed E-state index contributed by atoms with van der Waals surface area (Å²) in [6.45, 7) is 5.11. The average Bonchev–Trinajstić information content (AvgIpc) is 3.23. The largest absolute Gasteiger partial charge is 0.457 e. The predicted octanol–water partition coefficient (Wildman–Crippen LogP) is 4.86. The number of carbonyl (C=O) groups excluding carboxylic acids is 1. The molecule has 8 heteroatoms. The van der Waals surface area contributed by atoms with Crippen molar-refractivity contribution in [3.63, 3.8) is 0 Å². The molecular weight excluding hydrogens is 455 g/mol. The van der Waals surface area contributed by atoms with E-state index in [4.69, 9.17) is 4.74 Å². The molecule has 5 nitrogen and oxygen atoms in total. The highest BCUT2D eigenvalue weighted by molar-refractivity contribution is 5.81. The van der Waals surface area contributed by atoms with Crippen molar-refractivity contribution in [1.29, 1.82) is 0 Å². The molecule has 2 unspecified atom stereocenters. The Morgan fingerprint density at radius 3 is 1.77 bits per heavy atom. The van der Waals surface area contributed by atoms with Crippen molar-refractivity contribution >= 4 is 5.97 Å². The standard InChI is InChI=1S/C27H28F3N3O2/c1-26(2,3)35-25(34)27(31-16-17-14-20(28)22(30)21(29)15-17)32-23(18-10-6-4-7-11-18)24(33-27)19-12-8-5-9-13-19/h4-15,23-24,31-33H,16H2,1-3H3. The van der Waals surface area contributed by atoms with Crippen LogP contribution in [0.25, 0.3) is 0 Å². The topological polar surface area (TPSA) is 62.4 Å². The van der Waals surface area contributed by atoms with Crippen molar-refractivity contribution in [3.8, 4) is 0 Å². The minimum absolute atomic E-state index is 0.132. The van der Waals surface area contributed by atoms with Crippen LogP contribution in [0.2, 0.25) is 0 Å². The Morgan fingerprint density at radius 2 is 1.34 bits per heavy atom. The van der Waals surface area contributed by atoms with Crippen LogP contribution >= 0.6 is 0 Å². The van der Waals surface area contributed by atoms with Crippen LogP contribution in [0.4, 0.5) is 13.2 Å². The van der Waals surface area contributed by atoms with Crippen molar-refractivity contribution in [1.82, 2.24) is 16.0 Å². The van der Waals surface area contributed by atoms with Gasteiger partial charge in [0.15, 0.2) is 17.5 Å². The summed E-state index contributed by atoms with van der Waals surface area (Å²) in [5.74, 6) is -6.38. The summed E-state index contributed by atoms with van der Waals surface area (Å²) in [5.41, 5.74) is 1.20. The first kappa shape index (κ1) is 24.9. The van der Waals surface area contributed by atoms with Crippen LogP contribution in [0.15, 0.2) is 72.8 Å². The van der Waals surface area contributed by atoms with Crippen molar-refractivity contribution in [3.05, 3.63) is 107 Å². The van der Waals surface area contributed by atoms with Crippen LogP contribution in [-0.2, 0) is 16.1 Å². The number of hydrogen-bond donors (Lipinski definition) is 3. The molecule has 1 heterocycles. The highest BCUT2D eigenvalue weighted by atomic mass is 19.2. The smallest absolute Gasteiger partial charge is 0.357 e. The van der Waals surface area contributed by atoms with Crippen molar-refractivity contribution in [2.45, 2.75) is 50.8 Å². The second kappa shape index (κ2) is 9.81. The fraction of sp³-hybridized carbons (Fsp3) is 0.296. The van der Waals surface area contributed by atoms with Gasteiger partial charge in [-0.15, -0.1) is 0 Å². The number of esters is 1. The van der Waals surface area contributed by atoms with Gasteiger partial charge in [0.05, 0.1) is 12.1 Å². The molecule has 3 aromatic rings. The Balaban J connectivity index is 1.72. The lowest BCUT2D eigenvalue weighted by atomic mass is 9.95. The van der Waals surface area contributed by atoms with Gasteiger partial charge >= 0.3 is 5.97 Å². The molecule has 2 atom stereocenters. The minimum atomic E-state index is -1.60. The van der Waals surface area contributed by atoms with Crippen LogP contribution in [-0.4, -0.2) is 17.4 Å². The number of ether oxygens (including phenoxy) is 1. The number of rotatable bonds is 6. The zero-order chi connectivity index (χ0) is 25.2. The van der Waals surface area contributed by atoms with E-state index in [-0.39, 0.29) is 24.2 Å². The first-order chi connectivity index (χ1) is 16.6. The Hall–Kier alpha value is -3.20. The van der Waals surface area contributed by atoms with E-state index in [1.54, 1.807) is 20.8 Å². The van der Waals surface area contributed by atoms with E-state index in [1.165, 1.54) is 0 Å². The molecule has 0 radical (unpaired) electrons.